The van der Waals surface area contributed by atoms with Crippen molar-refractivity contribution in [3.63, 3.8) is 0 Å². The molecule has 0 saturated heterocycles. The molecule has 0 aliphatic heterocycles. The molecule has 1 aromatic carbocycles. The first kappa shape index (κ1) is 11.7. The van der Waals surface area contributed by atoms with Crippen molar-refractivity contribution < 1.29 is 9.90 Å². The Kier molecular flexibility index (Phi) is 2.90. The highest BCUT2D eigenvalue weighted by atomic mass is 35.5. The quantitative estimate of drug-likeness (QED) is 0.892. The molecule has 0 bridgehead atoms. The van der Waals surface area contributed by atoms with Gasteiger partial charge < -0.3 is 5.11 Å². The maximum Gasteiger partial charge on any atom is 0.356 e. The highest BCUT2D eigenvalue weighted by Gasteiger charge is 2.13. The Balaban J connectivity index is 2.60. The van der Waals surface area contributed by atoms with Gasteiger partial charge >= 0.3 is 5.97 Å². The fourth-order valence-electron chi connectivity index (χ4n) is 1.61. The predicted molar refractivity (Wildman–Crippen MR) is 65.0 cm³/mol. The number of aromatic carboxylic acids is 1. The largest absolute Gasteiger partial charge is 0.476 e. The Bertz CT molecular complexity index is 590. The minimum Gasteiger partial charge on any atom is -0.476 e. The number of hydrogen-bond acceptors (Lipinski definition) is 2. The smallest absolute Gasteiger partial charge is 0.356 e. The second-order valence-corrected chi connectivity index (χ2v) is 4.25. The standard InChI is InChI=1S/C12H11ClN2O2/c1-7-3-4-9(13)11(5-7)15-8(2)6-10(14-15)12(16)17/h3-6H,1-2H3,(H,16,17). The first-order valence-electron chi connectivity index (χ1n) is 5.05. The van der Waals surface area contributed by atoms with E-state index in [4.69, 9.17) is 16.7 Å². The van der Waals surface area contributed by atoms with Crippen molar-refractivity contribution in [1.29, 1.82) is 0 Å². The van der Waals surface area contributed by atoms with Crippen molar-refractivity contribution in [2.24, 2.45) is 0 Å². The van der Waals surface area contributed by atoms with E-state index in [2.05, 4.69) is 5.10 Å². The van der Waals surface area contributed by atoms with Gasteiger partial charge in [-0.1, -0.05) is 17.7 Å². The lowest BCUT2D eigenvalue weighted by Crippen LogP contribution is -2.03. The molecule has 88 valence electrons. The summed E-state index contributed by atoms with van der Waals surface area (Å²) in [5.74, 6) is -1.05. The maximum atomic E-state index is 10.8. The third kappa shape index (κ3) is 2.17. The van der Waals surface area contributed by atoms with Crippen LogP contribution >= 0.6 is 11.6 Å². The van der Waals surface area contributed by atoms with Gasteiger partial charge in [0, 0.05) is 5.69 Å². The summed E-state index contributed by atoms with van der Waals surface area (Å²) >= 11 is 6.08. The van der Waals surface area contributed by atoms with E-state index in [0.717, 1.165) is 11.3 Å². The molecule has 5 heteroatoms. The molecular formula is C12H11ClN2O2. The lowest BCUT2D eigenvalue weighted by atomic mass is 10.2. The summed E-state index contributed by atoms with van der Waals surface area (Å²) in [7, 11) is 0. The lowest BCUT2D eigenvalue weighted by molar-refractivity contribution is 0.0690. The summed E-state index contributed by atoms with van der Waals surface area (Å²) in [4.78, 5) is 10.8. The Morgan fingerprint density at radius 1 is 1.35 bits per heavy atom. The van der Waals surface area contributed by atoms with Crippen molar-refractivity contribution in [3.05, 3.63) is 46.2 Å². The predicted octanol–water partition coefficient (Wildman–Crippen LogP) is 2.84. The summed E-state index contributed by atoms with van der Waals surface area (Å²) in [5.41, 5.74) is 2.47. The molecular weight excluding hydrogens is 240 g/mol. The van der Waals surface area contributed by atoms with Gasteiger partial charge in [0.2, 0.25) is 0 Å². The van der Waals surface area contributed by atoms with Gasteiger partial charge in [-0.25, -0.2) is 9.48 Å². The lowest BCUT2D eigenvalue weighted by Gasteiger charge is -2.07. The molecule has 0 amide bonds. The molecule has 0 radical (unpaired) electrons. The van der Waals surface area contributed by atoms with E-state index in [1.165, 1.54) is 6.07 Å². The molecule has 0 fully saturated rings. The van der Waals surface area contributed by atoms with Crippen molar-refractivity contribution in [2.45, 2.75) is 13.8 Å². The molecule has 17 heavy (non-hydrogen) atoms. The molecule has 4 nitrogen and oxygen atoms in total. The molecule has 0 aliphatic carbocycles. The van der Waals surface area contributed by atoms with Crippen LogP contribution in [-0.2, 0) is 0 Å². The summed E-state index contributed by atoms with van der Waals surface area (Å²) < 4.78 is 1.54. The Hall–Kier alpha value is -1.81. The second-order valence-electron chi connectivity index (χ2n) is 3.84. The molecule has 1 N–H and O–H groups in total. The monoisotopic (exact) mass is 250 g/mol. The first-order valence-corrected chi connectivity index (χ1v) is 5.43. The van der Waals surface area contributed by atoms with Gasteiger partial charge in [0.05, 0.1) is 10.7 Å². The number of rotatable bonds is 2. The number of carbonyl (C=O) groups is 1. The molecule has 0 saturated carbocycles. The van der Waals surface area contributed by atoms with Gasteiger partial charge in [-0.2, -0.15) is 5.10 Å². The highest BCUT2D eigenvalue weighted by Crippen LogP contribution is 2.22. The number of halogens is 1. The average Bonchev–Trinajstić information content (AvgIpc) is 2.64. The van der Waals surface area contributed by atoms with Gasteiger partial charge in [0.25, 0.3) is 0 Å². The number of nitrogens with zero attached hydrogens (tertiary/aromatic N) is 2. The van der Waals surface area contributed by atoms with Gasteiger partial charge in [-0.3, -0.25) is 0 Å². The number of hydrogen-bond donors (Lipinski definition) is 1. The zero-order chi connectivity index (χ0) is 12.6. The van der Waals surface area contributed by atoms with Crippen LogP contribution in [0.4, 0.5) is 0 Å². The highest BCUT2D eigenvalue weighted by molar-refractivity contribution is 6.32. The third-order valence-corrected chi connectivity index (χ3v) is 2.76. The van der Waals surface area contributed by atoms with Crippen molar-refractivity contribution in [1.82, 2.24) is 9.78 Å². The number of aryl methyl sites for hydroxylation is 2. The molecule has 0 spiro atoms. The average molecular weight is 251 g/mol. The fraction of sp³-hybridized carbons (Fsp3) is 0.167. The summed E-state index contributed by atoms with van der Waals surface area (Å²) in [5, 5.41) is 13.4. The minimum atomic E-state index is -1.05. The van der Waals surface area contributed by atoms with Crippen LogP contribution in [0.2, 0.25) is 5.02 Å². The van der Waals surface area contributed by atoms with E-state index < -0.39 is 5.97 Å². The van der Waals surface area contributed by atoms with E-state index in [1.807, 2.05) is 19.1 Å². The Morgan fingerprint density at radius 3 is 2.65 bits per heavy atom. The van der Waals surface area contributed by atoms with Gasteiger partial charge in [0.15, 0.2) is 5.69 Å². The topological polar surface area (TPSA) is 55.1 Å². The zero-order valence-electron chi connectivity index (χ0n) is 9.44. The van der Waals surface area contributed by atoms with Crippen LogP contribution in [-0.4, -0.2) is 20.9 Å². The summed E-state index contributed by atoms with van der Waals surface area (Å²) in [6, 6.07) is 7.05. The van der Waals surface area contributed by atoms with Gasteiger partial charge in [-0.15, -0.1) is 0 Å². The van der Waals surface area contributed by atoms with Crippen molar-refractivity contribution in [3.8, 4) is 5.69 Å². The zero-order valence-corrected chi connectivity index (χ0v) is 10.2. The molecule has 1 aromatic heterocycles. The van der Waals surface area contributed by atoms with Gasteiger partial charge in [-0.05, 0) is 37.6 Å². The first-order chi connectivity index (χ1) is 7.99. The van der Waals surface area contributed by atoms with E-state index in [1.54, 1.807) is 17.7 Å². The fourth-order valence-corrected chi connectivity index (χ4v) is 1.81. The van der Waals surface area contributed by atoms with Gasteiger partial charge in [0.1, 0.15) is 0 Å². The molecule has 0 aliphatic rings. The van der Waals surface area contributed by atoms with Crippen molar-refractivity contribution >= 4 is 17.6 Å². The number of carboxylic acid groups (broad SMARTS) is 1. The summed E-state index contributed by atoms with van der Waals surface area (Å²) in [6.07, 6.45) is 0. The van der Waals surface area contributed by atoms with E-state index >= 15 is 0 Å². The third-order valence-electron chi connectivity index (χ3n) is 2.44. The normalized spacial score (nSPS) is 10.5. The molecule has 2 rings (SSSR count). The molecule has 1 heterocycles. The van der Waals surface area contributed by atoms with Crippen LogP contribution in [0.1, 0.15) is 21.7 Å². The van der Waals surface area contributed by atoms with Crippen LogP contribution in [0.3, 0.4) is 0 Å². The molecule has 0 unspecified atom stereocenters. The van der Waals surface area contributed by atoms with Crippen LogP contribution in [0.25, 0.3) is 5.69 Å². The number of benzene rings is 1. The molecule has 0 atom stereocenters. The number of carboxylic acids is 1. The van der Waals surface area contributed by atoms with E-state index in [-0.39, 0.29) is 5.69 Å². The maximum absolute atomic E-state index is 10.8. The minimum absolute atomic E-state index is 0.0140. The molecule has 2 aromatic rings. The van der Waals surface area contributed by atoms with E-state index in [0.29, 0.717) is 10.7 Å². The van der Waals surface area contributed by atoms with Crippen LogP contribution < -0.4 is 0 Å². The van der Waals surface area contributed by atoms with Crippen LogP contribution in [0, 0.1) is 13.8 Å². The van der Waals surface area contributed by atoms with Crippen LogP contribution in [0.15, 0.2) is 24.3 Å². The Morgan fingerprint density at radius 2 is 2.06 bits per heavy atom. The van der Waals surface area contributed by atoms with Crippen LogP contribution in [0.5, 0.6) is 0 Å². The SMILES string of the molecule is Cc1ccc(Cl)c(-n2nc(C(=O)O)cc2C)c1. The van der Waals surface area contributed by atoms with E-state index in [9.17, 15) is 4.79 Å². The second kappa shape index (κ2) is 4.22. The van der Waals surface area contributed by atoms with Crippen molar-refractivity contribution in [2.75, 3.05) is 0 Å². The summed E-state index contributed by atoms with van der Waals surface area (Å²) in [6.45, 7) is 3.73. The number of aromatic nitrogens is 2. The Labute approximate surface area is 103 Å².